The highest BCUT2D eigenvalue weighted by atomic mass is 16.2. The quantitative estimate of drug-likeness (QED) is 0.842. The first-order chi connectivity index (χ1) is 12.6. The van der Waals surface area contributed by atoms with Crippen LogP contribution in [0.2, 0.25) is 0 Å². The van der Waals surface area contributed by atoms with E-state index in [0.29, 0.717) is 6.54 Å². The van der Waals surface area contributed by atoms with Gasteiger partial charge < -0.3 is 10.6 Å². The Labute approximate surface area is 155 Å². The second kappa shape index (κ2) is 8.16. The number of nitrogens with zero attached hydrogens (tertiary/aromatic N) is 1. The predicted molar refractivity (Wildman–Crippen MR) is 101 cm³/mol. The molecule has 3 N–H and O–H groups in total. The van der Waals surface area contributed by atoms with Crippen LogP contribution in [0.4, 0.5) is 0 Å². The molecule has 0 aromatic heterocycles. The molecule has 2 aromatic carbocycles. The number of carbonyl (C=O) groups is 1. The van der Waals surface area contributed by atoms with Crippen molar-refractivity contribution >= 4 is 5.91 Å². The molecule has 1 amide bonds. The molecule has 0 saturated heterocycles. The third kappa shape index (κ3) is 4.30. The smallest absolute Gasteiger partial charge is 0.276 e. The van der Waals surface area contributed by atoms with Gasteiger partial charge in [-0.05, 0) is 32.6 Å². The number of amides is 1. The molecule has 1 aliphatic carbocycles. The van der Waals surface area contributed by atoms with Gasteiger partial charge in [-0.25, -0.2) is 0 Å². The molecule has 0 aliphatic heterocycles. The molecule has 4 nitrogen and oxygen atoms in total. The van der Waals surface area contributed by atoms with Crippen LogP contribution in [-0.2, 0) is 4.79 Å². The number of nitriles is 1. The van der Waals surface area contributed by atoms with E-state index in [2.05, 4.69) is 60.0 Å². The third-order valence-corrected chi connectivity index (χ3v) is 5.18. The maximum Gasteiger partial charge on any atom is 0.276 e. The minimum absolute atomic E-state index is 0.0594. The van der Waals surface area contributed by atoms with Crippen molar-refractivity contribution in [3.8, 4) is 6.07 Å². The number of carbonyl (C=O) groups excluding carboxylic acids is 1. The summed E-state index contributed by atoms with van der Waals surface area (Å²) in [5.74, 6) is -0.0681. The fraction of sp³-hybridized carbons (Fsp3) is 0.364. The average Bonchev–Trinajstić information content (AvgIpc) is 3.13. The summed E-state index contributed by atoms with van der Waals surface area (Å²) < 4.78 is 0. The van der Waals surface area contributed by atoms with Crippen LogP contribution in [-0.4, -0.2) is 18.0 Å². The van der Waals surface area contributed by atoms with Crippen molar-refractivity contribution < 1.29 is 10.1 Å². The van der Waals surface area contributed by atoms with Crippen LogP contribution in [0.1, 0.15) is 48.4 Å². The maximum atomic E-state index is 12.5. The lowest BCUT2D eigenvalue weighted by Gasteiger charge is -2.22. The van der Waals surface area contributed by atoms with Crippen molar-refractivity contribution in [2.75, 3.05) is 6.54 Å². The SMILES string of the molecule is Cc1ccc([C@@H]([NH2+]CC(=O)NC2(C#N)CCCC2)c2ccccc2)cc1. The number of hydrogen-bond acceptors (Lipinski definition) is 2. The van der Waals surface area contributed by atoms with Gasteiger partial charge in [0.2, 0.25) is 0 Å². The Kier molecular flexibility index (Phi) is 5.70. The molecule has 1 fully saturated rings. The molecule has 0 radical (unpaired) electrons. The van der Waals surface area contributed by atoms with Gasteiger partial charge in [-0.15, -0.1) is 0 Å². The fourth-order valence-electron chi connectivity index (χ4n) is 3.68. The van der Waals surface area contributed by atoms with Crippen LogP contribution in [0.15, 0.2) is 54.6 Å². The zero-order chi connectivity index (χ0) is 18.4. The molecular formula is C22H26N3O+. The monoisotopic (exact) mass is 348 g/mol. The second-order valence-corrected chi connectivity index (χ2v) is 7.19. The standard InChI is InChI=1S/C22H25N3O/c1-17-9-11-19(12-10-17)21(18-7-3-2-4-8-18)24-15-20(26)25-22(16-23)13-5-6-14-22/h2-4,7-12,21,24H,5-6,13-15H2,1H3,(H,25,26)/p+1/t21-/m0/s1. The normalized spacial score (nSPS) is 16.6. The zero-order valence-electron chi connectivity index (χ0n) is 15.2. The summed E-state index contributed by atoms with van der Waals surface area (Å²) in [5, 5.41) is 14.5. The van der Waals surface area contributed by atoms with Gasteiger partial charge in [-0.2, -0.15) is 5.26 Å². The summed E-state index contributed by atoms with van der Waals surface area (Å²) in [5.41, 5.74) is 2.90. The minimum atomic E-state index is -0.656. The van der Waals surface area contributed by atoms with E-state index in [1.807, 2.05) is 18.2 Å². The van der Waals surface area contributed by atoms with Crippen molar-refractivity contribution in [1.82, 2.24) is 5.32 Å². The summed E-state index contributed by atoms with van der Waals surface area (Å²) >= 11 is 0. The summed E-state index contributed by atoms with van der Waals surface area (Å²) in [4.78, 5) is 12.5. The Morgan fingerprint density at radius 1 is 1.12 bits per heavy atom. The van der Waals surface area contributed by atoms with Crippen LogP contribution >= 0.6 is 0 Å². The molecule has 2 aromatic rings. The molecule has 1 atom stereocenters. The van der Waals surface area contributed by atoms with Crippen LogP contribution in [0, 0.1) is 18.3 Å². The molecule has 1 saturated carbocycles. The molecule has 4 heteroatoms. The first-order valence-electron chi connectivity index (χ1n) is 9.29. The van der Waals surface area contributed by atoms with E-state index in [-0.39, 0.29) is 11.9 Å². The van der Waals surface area contributed by atoms with Crippen molar-refractivity contribution in [1.29, 1.82) is 5.26 Å². The lowest BCUT2D eigenvalue weighted by molar-refractivity contribution is -0.676. The largest absolute Gasteiger partial charge is 0.333 e. The van der Waals surface area contributed by atoms with Gasteiger partial charge in [0.25, 0.3) is 5.91 Å². The summed E-state index contributed by atoms with van der Waals surface area (Å²) in [7, 11) is 0. The first kappa shape index (κ1) is 18.2. The van der Waals surface area contributed by atoms with Crippen molar-refractivity contribution in [2.45, 2.75) is 44.2 Å². The van der Waals surface area contributed by atoms with Gasteiger partial charge in [0.1, 0.15) is 11.6 Å². The molecule has 0 bridgehead atoms. The highest BCUT2D eigenvalue weighted by Gasteiger charge is 2.35. The summed E-state index contributed by atoms with van der Waals surface area (Å²) in [6.07, 6.45) is 3.53. The van der Waals surface area contributed by atoms with Gasteiger partial charge in [0.05, 0.1) is 6.07 Å². The molecule has 3 rings (SSSR count). The molecule has 0 heterocycles. The highest BCUT2D eigenvalue weighted by molar-refractivity contribution is 5.78. The minimum Gasteiger partial charge on any atom is -0.333 e. The predicted octanol–water partition coefficient (Wildman–Crippen LogP) is 2.60. The third-order valence-electron chi connectivity index (χ3n) is 5.18. The van der Waals surface area contributed by atoms with Gasteiger partial charge >= 0.3 is 0 Å². The van der Waals surface area contributed by atoms with E-state index in [9.17, 15) is 10.1 Å². The Bertz CT molecular complexity index is 771. The number of nitrogens with one attached hydrogen (secondary N) is 1. The molecule has 0 unspecified atom stereocenters. The summed E-state index contributed by atoms with van der Waals surface area (Å²) in [6.45, 7) is 2.37. The summed E-state index contributed by atoms with van der Waals surface area (Å²) in [6, 6.07) is 21.0. The molecule has 134 valence electrons. The number of aryl methyl sites for hydroxylation is 1. The average molecular weight is 348 g/mol. The fourth-order valence-corrected chi connectivity index (χ4v) is 3.68. The van der Waals surface area contributed by atoms with Gasteiger partial charge in [0, 0.05) is 11.1 Å². The zero-order valence-corrected chi connectivity index (χ0v) is 15.2. The van der Waals surface area contributed by atoms with Crippen molar-refractivity contribution in [3.05, 3.63) is 71.3 Å². The number of hydrogen-bond donors (Lipinski definition) is 2. The molecular weight excluding hydrogens is 322 g/mol. The number of quaternary nitrogens is 1. The van der Waals surface area contributed by atoms with E-state index in [4.69, 9.17) is 0 Å². The topological polar surface area (TPSA) is 69.5 Å². The number of nitrogens with two attached hydrogens (primary N) is 1. The van der Waals surface area contributed by atoms with Crippen LogP contribution in [0.3, 0.4) is 0 Å². The number of benzene rings is 2. The lowest BCUT2D eigenvalue weighted by Crippen LogP contribution is -2.88. The molecule has 1 aliphatic rings. The van der Waals surface area contributed by atoms with Gasteiger partial charge in [-0.1, -0.05) is 60.2 Å². The number of rotatable bonds is 6. The van der Waals surface area contributed by atoms with E-state index in [0.717, 1.165) is 25.7 Å². The van der Waals surface area contributed by atoms with Crippen molar-refractivity contribution in [3.63, 3.8) is 0 Å². The molecule has 26 heavy (non-hydrogen) atoms. The Hall–Kier alpha value is -2.64. The van der Waals surface area contributed by atoms with E-state index in [1.165, 1.54) is 16.7 Å². The Morgan fingerprint density at radius 3 is 2.35 bits per heavy atom. The van der Waals surface area contributed by atoms with E-state index >= 15 is 0 Å². The van der Waals surface area contributed by atoms with Gasteiger partial charge in [0.15, 0.2) is 6.54 Å². The Morgan fingerprint density at radius 2 is 1.73 bits per heavy atom. The maximum absolute atomic E-state index is 12.5. The first-order valence-corrected chi connectivity index (χ1v) is 9.29. The Balaban J connectivity index is 1.71. The van der Waals surface area contributed by atoms with E-state index in [1.54, 1.807) is 0 Å². The molecule has 0 spiro atoms. The van der Waals surface area contributed by atoms with Crippen LogP contribution < -0.4 is 10.6 Å². The highest BCUT2D eigenvalue weighted by Crippen LogP contribution is 2.28. The van der Waals surface area contributed by atoms with Crippen LogP contribution in [0.25, 0.3) is 0 Å². The van der Waals surface area contributed by atoms with Crippen molar-refractivity contribution in [2.24, 2.45) is 0 Å². The van der Waals surface area contributed by atoms with Gasteiger partial charge in [-0.3, -0.25) is 4.79 Å². The van der Waals surface area contributed by atoms with Crippen LogP contribution in [0.5, 0.6) is 0 Å². The second-order valence-electron chi connectivity index (χ2n) is 7.19. The van der Waals surface area contributed by atoms with E-state index < -0.39 is 5.54 Å². The lowest BCUT2D eigenvalue weighted by atomic mass is 9.97.